The van der Waals surface area contributed by atoms with Crippen molar-refractivity contribution in [3.63, 3.8) is 0 Å². The smallest absolute Gasteiger partial charge is 0.191 e. The molecule has 4 nitrogen and oxygen atoms in total. The zero-order valence-corrected chi connectivity index (χ0v) is 12.1. The molecule has 0 amide bonds. The Morgan fingerprint density at radius 3 is 2.57 bits per heavy atom. The van der Waals surface area contributed by atoms with E-state index in [1.165, 1.54) is 12.1 Å². The summed E-state index contributed by atoms with van der Waals surface area (Å²) in [5.41, 5.74) is 6.37. The standard InChI is InChI=1S/C15H19F2N3O/c1-3-10(2)20-5-4-12(19-20)9-21-15-13(16)6-11(8-18)7-14(15)17/h4-7,10H,3,8-9,18H2,1-2H3. The molecule has 1 atom stereocenters. The number of halogens is 2. The summed E-state index contributed by atoms with van der Waals surface area (Å²) in [7, 11) is 0. The maximum Gasteiger partial charge on any atom is 0.191 e. The summed E-state index contributed by atoms with van der Waals surface area (Å²) in [5.74, 6) is -1.90. The SMILES string of the molecule is CCC(C)n1ccc(COc2c(F)cc(CN)cc2F)n1. The number of aromatic nitrogens is 2. The number of hydrogen-bond acceptors (Lipinski definition) is 3. The van der Waals surface area contributed by atoms with E-state index in [9.17, 15) is 8.78 Å². The number of rotatable bonds is 6. The molecule has 0 aliphatic rings. The molecule has 0 aliphatic carbocycles. The van der Waals surface area contributed by atoms with Crippen molar-refractivity contribution in [2.24, 2.45) is 5.73 Å². The van der Waals surface area contributed by atoms with Crippen LogP contribution in [0.4, 0.5) is 8.78 Å². The van der Waals surface area contributed by atoms with E-state index in [4.69, 9.17) is 10.5 Å². The van der Waals surface area contributed by atoms with Gasteiger partial charge in [-0.2, -0.15) is 5.10 Å². The van der Waals surface area contributed by atoms with Crippen molar-refractivity contribution in [1.82, 2.24) is 9.78 Å². The van der Waals surface area contributed by atoms with Crippen LogP contribution in [0.1, 0.15) is 37.6 Å². The average Bonchev–Trinajstić information content (AvgIpc) is 2.94. The topological polar surface area (TPSA) is 53.1 Å². The summed E-state index contributed by atoms with van der Waals surface area (Å²) in [5, 5.41) is 4.32. The fourth-order valence-corrected chi connectivity index (χ4v) is 1.90. The molecule has 0 saturated heterocycles. The van der Waals surface area contributed by atoms with E-state index in [1.54, 1.807) is 6.07 Å². The summed E-state index contributed by atoms with van der Waals surface area (Å²) in [6.07, 6.45) is 2.78. The fraction of sp³-hybridized carbons (Fsp3) is 0.400. The summed E-state index contributed by atoms with van der Waals surface area (Å²) in [4.78, 5) is 0. The summed E-state index contributed by atoms with van der Waals surface area (Å²) in [6, 6.07) is 4.40. The number of hydrogen-bond donors (Lipinski definition) is 1. The van der Waals surface area contributed by atoms with Crippen LogP contribution >= 0.6 is 0 Å². The van der Waals surface area contributed by atoms with Crippen LogP contribution in [0.15, 0.2) is 24.4 Å². The minimum absolute atomic E-state index is 0.0131. The van der Waals surface area contributed by atoms with Gasteiger partial charge in [-0.25, -0.2) is 8.78 Å². The summed E-state index contributed by atoms with van der Waals surface area (Å²) < 4.78 is 34.5. The lowest BCUT2D eigenvalue weighted by molar-refractivity contribution is 0.268. The van der Waals surface area contributed by atoms with E-state index < -0.39 is 17.4 Å². The molecule has 1 heterocycles. The van der Waals surface area contributed by atoms with Crippen molar-refractivity contribution in [1.29, 1.82) is 0 Å². The molecule has 2 aromatic rings. The normalized spacial score (nSPS) is 12.4. The van der Waals surface area contributed by atoms with Crippen molar-refractivity contribution < 1.29 is 13.5 Å². The lowest BCUT2D eigenvalue weighted by Gasteiger charge is -2.10. The van der Waals surface area contributed by atoms with Crippen LogP contribution in [-0.2, 0) is 13.2 Å². The minimum atomic E-state index is -0.753. The molecule has 114 valence electrons. The van der Waals surface area contributed by atoms with Gasteiger partial charge in [0.25, 0.3) is 0 Å². The van der Waals surface area contributed by atoms with Crippen molar-refractivity contribution in [2.45, 2.75) is 39.5 Å². The van der Waals surface area contributed by atoms with Gasteiger partial charge in [-0.05, 0) is 37.1 Å². The van der Waals surface area contributed by atoms with Crippen molar-refractivity contribution in [3.05, 3.63) is 47.3 Å². The van der Waals surface area contributed by atoms with E-state index in [2.05, 4.69) is 12.0 Å². The summed E-state index contributed by atoms with van der Waals surface area (Å²) in [6.45, 7) is 4.20. The molecule has 1 aromatic heterocycles. The molecule has 0 fully saturated rings. The lowest BCUT2D eigenvalue weighted by Crippen LogP contribution is -2.07. The highest BCUT2D eigenvalue weighted by Gasteiger charge is 2.13. The number of ether oxygens (including phenoxy) is 1. The molecule has 21 heavy (non-hydrogen) atoms. The first-order valence-electron chi connectivity index (χ1n) is 6.90. The monoisotopic (exact) mass is 295 g/mol. The van der Waals surface area contributed by atoms with E-state index in [1.807, 2.05) is 17.8 Å². The molecule has 0 spiro atoms. The predicted molar refractivity (Wildman–Crippen MR) is 75.8 cm³/mol. The molecule has 1 unspecified atom stereocenters. The molecular weight excluding hydrogens is 276 g/mol. The number of benzene rings is 1. The van der Waals surface area contributed by atoms with Crippen LogP contribution in [-0.4, -0.2) is 9.78 Å². The van der Waals surface area contributed by atoms with Crippen molar-refractivity contribution in [3.8, 4) is 5.75 Å². The molecule has 6 heteroatoms. The zero-order valence-electron chi connectivity index (χ0n) is 12.1. The first-order valence-corrected chi connectivity index (χ1v) is 6.90. The quantitative estimate of drug-likeness (QED) is 0.890. The van der Waals surface area contributed by atoms with E-state index in [0.29, 0.717) is 11.3 Å². The Morgan fingerprint density at radius 1 is 1.33 bits per heavy atom. The zero-order chi connectivity index (χ0) is 15.4. The number of nitrogens with two attached hydrogens (primary N) is 1. The van der Waals surface area contributed by atoms with Gasteiger partial charge in [-0.1, -0.05) is 6.92 Å². The molecule has 2 rings (SSSR count). The first-order chi connectivity index (χ1) is 10.0. The van der Waals surface area contributed by atoms with Gasteiger partial charge < -0.3 is 10.5 Å². The molecule has 0 aliphatic heterocycles. The number of nitrogens with zero attached hydrogens (tertiary/aromatic N) is 2. The minimum Gasteiger partial charge on any atom is -0.481 e. The Kier molecular flexibility index (Phi) is 4.90. The van der Waals surface area contributed by atoms with Crippen LogP contribution in [0, 0.1) is 11.6 Å². The fourth-order valence-electron chi connectivity index (χ4n) is 1.90. The second-order valence-corrected chi connectivity index (χ2v) is 4.93. The Bertz CT molecular complexity index is 590. The average molecular weight is 295 g/mol. The molecule has 0 bridgehead atoms. The van der Waals surface area contributed by atoms with Crippen LogP contribution in [0.25, 0.3) is 0 Å². The van der Waals surface area contributed by atoms with E-state index in [0.717, 1.165) is 6.42 Å². The second kappa shape index (κ2) is 6.67. The van der Waals surface area contributed by atoms with Crippen molar-refractivity contribution in [2.75, 3.05) is 0 Å². The lowest BCUT2D eigenvalue weighted by atomic mass is 10.2. The van der Waals surface area contributed by atoms with E-state index in [-0.39, 0.29) is 19.2 Å². The van der Waals surface area contributed by atoms with Gasteiger partial charge in [0.2, 0.25) is 0 Å². The molecular formula is C15H19F2N3O. The second-order valence-electron chi connectivity index (χ2n) is 4.93. The van der Waals surface area contributed by atoms with Gasteiger partial charge in [0, 0.05) is 18.8 Å². The molecule has 2 N–H and O–H groups in total. The highest BCUT2D eigenvalue weighted by Crippen LogP contribution is 2.24. The van der Waals surface area contributed by atoms with Gasteiger partial charge in [-0.3, -0.25) is 4.68 Å². The van der Waals surface area contributed by atoms with Crippen LogP contribution in [0.2, 0.25) is 0 Å². The maximum atomic E-state index is 13.7. The van der Waals surface area contributed by atoms with Gasteiger partial charge in [-0.15, -0.1) is 0 Å². The molecule has 1 aromatic carbocycles. The third-order valence-corrected chi connectivity index (χ3v) is 3.36. The van der Waals surface area contributed by atoms with Gasteiger partial charge in [0.15, 0.2) is 17.4 Å². The highest BCUT2D eigenvalue weighted by atomic mass is 19.1. The van der Waals surface area contributed by atoms with Crippen LogP contribution in [0.3, 0.4) is 0 Å². The molecule has 0 radical (unpaired) electrons. The van der Waals surface area contributed by atoms with E-state index >= 15 is 0 Å². The third kappa shape index (κ3) is 3.58. The predicted octanol–water partition coefficient (Wildman–Crippen LogP) is 3.17. The largest absolute Gasteiger partial charge is 0.481 e. The van der Waals surface area contributed by atoms with Gasteiger partial charge in [0.1, 0.15) is 6.61 Å². The van der Waals surface area contributed by atoms with Gasteiger partial charge in [0.05, 0.1) is 5.69 Å². The van der Waals surface area contributed by atoms with Crippen molar-refractivity contribution >= 4 is 0 Å². The first kappa shape index (κ1) is 15.4. The third-order valence-electron chi connectivity index (χ3n) is 3.36. The Labute approximate surface area is 122 Å². The Hall–Kier alpha value is -1.95. The highest BCUT2D eigenvalue weighted by molar-refractivity contribution is 5.31. The Balaban J connectivity index is 2.08. The maximum absolute atomic E-state index is 13.7. The van der Waals surface area contributed by atoms with Crippen LogP contribution in [0.5, 0.6) is 5.75 Å². The Morgan fingerprint density at radius 2 is 2.00 bits per heavy atom. The summed E-state index contributed by atoms with van der Waals surface area (Å²) >= 11 is 0. The molecule has 0 saturated carbocycles. The van der Waals surface area contributed by atoms with Gasteiger partial charge >= 0.3 is 0 Å². The van der Waals surface area contributed by atoms with Crippen LogP contribution < -0.4 is 10.5 Å².